The molecule has 7 nitrogen and oxygen atoms in total. The number of anilines is 2. The van der Waals surface area contributed by atoms with Crippen molar-refractivity contribution in [2.75, 3.05) is 23.3 Å². The molecule has 2 aromatic rings. The Hall–Kier alpha value is -3.27. The van der Waals surface area contributed by atoms with E-state index in [1.807, 2.05) is 0 Å². The molecule has 0 saturated carbocycles. The van der Waals surface area contributed by atoms with E-state index in [0.717, 1.165) is 25.9 Å². The Morgan fingerprint density at radius 3 is 2.40 bits per heavy atom. The Labute approximate surface area is 145 Å². The number of benzene rings is 1. The van der Waals surface area contributed by atoms with Crippen molar-refractivity contribution in [1.82, 2.24) is 10.2 Å². The van der Waals surface area contributed by atoms with Gasteiger partial charge in [-0.15, -0.1) is 10.2 Å². The molecule has 0 bridgehead atoms. The zero-order valence-electron chi connectivity index (χ0n) is 13.6. The number of hydrogen-bond donors (Lipinski definition) is 1. The van der Waals surface area contributed by atoms with Crippen LogP contribution in [0, 0.1) is 17.2 Å². The van der Waals surface area contributed by atoms with Gasteiger partial charge in [0.05, 0.1) is 6.07 Å². The number of nitriles is 1. The fourth-order valence-corrected chi connectivity index (χ4v) is 2.69. The topological polar surface area (TPSA) is 99.0 Å². The summed E-state index contributed by atoms with van der Waals surface area (Å²) in [5.41, 5.74) is 0.536. The molecule has 126 valence electrons. The first-order chi connectivity index (χ1) is 12.2. The standard InChI is InChI=1S/C18H17N5O2/c19-12-14(18(25)20-13-6-2-1-3-7-13)17(24)15-8-9-16(22-21-15)23-10-4-5-11-23/h1-3,6-9,14H,4-5,10-11H2,(H,20,25)/t14-/m0/s1. The van der Waals surface area contributed by atoms with Gasteiger partial charge in [0.2, 0.25) is 11.7 Å². The van der Waals surface area contributed by atoms with Crippen molar-refractivity contribution in [1.29, 1.82) is 5.26 Å². The van der Waals surface area contributed by atoms with Crippen LogP contribution in [0.25, 0.3) is 0 Å². The van der Waals surface area contributed by atoms with Crippen molar-refractivity contribution in [3.63, 3.8) is 0 Å². The zero-order chi connectivity index (χ0) is 17.6. The third-order valence-electron chi connectivity index (χ3n) is 4.03. The number of Topliss-reactive ketones (excluding diaryl/α,β-unsaturated/α-hetero) is 1. The molecule has 25 heavy (non-hydrogen) atoms. The van der Waals surface area contributed by atoms with Crippen LogP contribution in [-0.2, 0) is 4.79 Å². The van der Waals surface area contributed by atoms with E-state index >= 15 is 0 Å². The molecule has 1 aliphatic heterocycles. The Morgan fingerprint density at radius 1 is 1.08 bits per heavy atom. The lowest BCUT2D eigenvalue weighted by Gasteiger charge is -2.15. The highest BCUT2D eigenvalue weighted by atomic mass is 16.2. The van der Waals surface area contributed by atoms with E-state index in [1.165, 1.54) is 6.07 Å². The number of aromatic nitrogens is 2. The second kappa shape index (κ2) is 7.53. The molecule has 0 unspecified atom stereocenters. The number of nitrogens with one attached hydrogen (secondary N) is 1. The summed E-state index contributed by atoms with van der Waals surface area (Å²) < 4.78 is 0. The normalized spacial score (nSPS) is 14.6. The number of ketones is 1. The maximum Gasteiger partial charge on any atom is 0.249 e. The first kappa shape index (κ1) is 16.6. The maximum absolute atomic E-state index is 12.4. The van der Waals surface area contributed by atoms with Gasteiger partial charge < -0.3 is 10.2 Å². The van der Waals surface area contributed by atoms with Crippen LogP contribution >= 0.6 is 0 Å². The molecule has 1 aromatic heterocycles. The summed E-state index contributed by atoms with van der Waals surface area (Å²) in [7, 11) is 0. The predicted octanol–water partition coefficient (Wildman–Crippen LogP) is 2.04. The van der Waals surface area contributed by atoms with E-state index < -0.39 is 17.6 Å². The summed E-state index contributed by atoms with van der Waals surface area (Å²) in [4.78, 5) is 26.8. The molecular weight excluding hydrogens is 318 g/mol. The van der Waals surface area contributed by atoms with E-state index in [4.69, 9.17) is 0 Å². The first-order valence-electron chi connectivity index (χ1n) is 8.07. The highest BCUT2D eigenvalue weighted by Gasteiger charge is 2.29. The van der Waals surface area contributed by atoms with Crippen molar-refractivity contribution < 1.29 is 9.59 Å². The number of rotatable bonds is 5. The third kappa shape index (κ3) is 3.80. The van der Waals surface area contributed by atoms with Crippen molar-refractivity contribution in [3.05, 3.63) is 48.2 Å². The van der Waals surface area contributed by atoms with Gasteiger partial charge in [0, 0.05) is 18.8 Å². The van der Waals surface area contributed by atoms with E-state index in [2.05, 4.69) is 20.4 Å². The van der Waals surface area contributed by atoms with Gasteiger partial charge in [0.1, 0.15) is 5.69 Å². The maximum atomic E-state index is 12.4. The number of hydrogen-bond acceptors (Lipinski definition) is 6. The molecule has 1 fully saturated rings. The molecular formula is C18H17N5O2. The summed E-state index contributed by atoms with van der Waals surface area (Å²) in [6.07, 6.45) is 2.22. The molecule has 1 aliphatic rings. The van der Waals surface area contributed by atoms with Crippen LogP contribution < -0.4 is 10.2 Å². The molecule has 3 rings (SSSR count). The summed E-state index contributed by atoms with van der Waals surface area (Å²) in [6.45, 7) is 1.84. The molecule has 1 aromatic carbocycles. The van der Waals surface area contributed by atoms with Crippen LogP contribution in [0.2, 0.25) is 0 Å². The van der Waals surface area contributed by atoms with Crippen LogP contribution in [0.15, 0.2) is 42.5 Å². The second-order valence-corrected chi connectivity index (χ2v) is 5.75. The lowest BCUT2D eigenvalue weighted by Crippen LogP contribution is -2.29. The van der Waals surface area contributed by atoms with Crippen LogP contribution in [0.1, 0.15) is 23.3 Å². The van der Waals surface area contributed by atoms with Gasteiger partial charge in [-0.1, -0.05) is 18.2 Å². The molecule has 2 heterocycles. The minimum absolute atomic E-state index is 0.0118. The Morgan fingerprint density at radius 2 is 1.80 bits per heavy atom. The lowest BCUT2D eigenvalue weighted by atomic mass is 10.0. The molecule has 0 aliphatic carbocycles. The molecule has 0 radical (unpaired) electrons. The number of para-hydroxylation sites is 1. The zero-order valence-corrected chi connectivity index (χ0v) is 13.6. The lowest BCUT2D eigenvalue weighted by molar-refractivity contribution is -0.117. The van der Waals surface area contributed by atoms with Crippen LogP contribution in [0.4, 0.5) is 11.5 Å². The molecule has 7 heteroatoms. The average molecular weight is 335 g/mol. The minimum Gasteiger partial charge on any atom is -0.355 e. The Balaban J connectivity index is 1.71. The van der Waals surface area contributed by atoms with Crippen LogP contribution in [0.5, 0.6) is 0 Å². The minimum atomic E-state index is -1.47. The Bertz CT molecular complexity index is 792. The van der Waals surface area contributed by atoms with Crippen LogP contribution in [-0.4, -0.2) is 35.0 Å². The molecule has 0 spiro atoms. The fourth-order valence-electron chi connectivity index (χ4n) is 2.69. The van der Waals surface area contributed by atoms with Crippen LogP contribution in [0.3, 0.4) is 0 Å². The van der Waals surface area contributed by atoms with Crippen molar-refractivity contribution >= 4 is 23.2 Å². The molecule has 1 saturated heterocycles. The summed E-state index contributed by atoms with van der Waals surface area (Å²) in [5, 5.41) is 19.8. The SMILES string of the molecule is N#C[C@H](C(=O)Nc1ccccc1)C(=O)c1ccc(N2CCCC2)nn1. The fraction of sp³-hybridized carbons (Fsp3) is 0.278. The average Bonchev–Trinajstić information content (AvgIpc) is 3.18. The Kier molecular flexibility index (Phi) is 5.00. The number of nitrogens with zero attached hydrogens (tertiary/aromatic N) is 4. The van der Waals surface area contributed by atoms with Crippen molar-refractivity contribution in [2.24, 2.45) is 5.92 Å². The predicted molar refractivity (Wildman–Crippen MR) is 92.0 cm³/mol. The molecule has 1 N–H and O–H groups in total. The number of amides is 1. The van der Waals surface area contributed by atoms with Crippen molar-refractivity contribution in [2.45, 2.75) is 12.8 Å². The number of carbonyl (C=O) groups excluding carboxylic acids is 2. The van der Waals surface area contributed by atoms with E-state index in [1.54, 1.807) is 42.5 Å². The highest BCUT2D eigenvalue weighted by molar-refractivity contribution is 6.14. The molecule has 1 amide bonds. The van der Waals surface area contributed by atoms with Gasteiger partial charge in [0.25, 0.3) is 0 Å². The van der Waals surface area contributed by atoms with Gasteiger partial charge in [-0.05, 0) is 37.1 Å². The van der Waals surface area contributed by atoms with Gasteiger partial charge in [-0.3, -0.25) is 9.59 Å². The number of carbonyl (C=O) groups is 2. The van der Waals surface area contributed by atoms with Gasteiger partial charge in [-0.2, -0.15) is 5.26 Å². The van der Waals surface area contributed by atoms with E-state index in [-0.39, 0.29) is 5.69 Å². The highest BCUT2D eigenvalue weighted by Crippen LogP contribution is 2.18. The summed E-state index contributed by atoms with van der Waals surface area (Å²) in [5.74, 6) is -2.09. The third-order valence-corrected chi connectivity index (χ3v) is 4.03. The van der Waals surface area contributed by atoms with E-state index in [0.29, 0.717) is 11.5 Å². The van der Waals surface area contributed by atoms with Gasteiger partial charge >= 0.3 is 0 Å². The van der Waals surface area contributed by atoms with Gasteiger partial charge in [0.15, 0.2) is 11.7 Å². The quantitative estimate of drug-likeness (QED) is 0.663. The second-order valence-electron chi connectivity index (χ2n) is 5.75. The summed E-state index contributed by atoms with van der Waals surface area (Å²) in [6, 6.07) is 13.6. The molecule has 1 atom stereocenters. The van der Waals surface area contributed by atoms with Crippen molar-refractivity contribution in [3.8, 4) is 6.07 Å². The smallest absolute Gasteiger partial charge is 0.249 e. The van der Waals surface area contributed by atoms with E-state index in [9.17, 15) is 14.9 Å². The van der Waals surface area contributed by atoms with Gasteiger partial charge in [-0.25, -0.2) is 0 Å². The monoisotopic (exact) mass is 335 g/mol. The largest absolute Gasteiger partial charge is 0.355 e. The first-order valence-corrected chi connectivity index (χ1v) is 8.07. The summed E-state index contributed by atoms with van der Waals surface area (Å²) >= 11 is 0.